The predicted molar refractivity (Wildman–Crippen MR) is 87.4 cm³/mol. The minimum Gasteiger partial charge on any atom is -0.495 e. The van der Waals surface area contributed by atoms with Crippen LogP contribution in [0.25, 0.3) is 0 Å². The molecule has 0 aliphatic carbocycles. The van der Waals surface area contributed by atoms with E-state index < -0.39 is 0 Å². The Morgan fingerprint density at radius 1 is 1.30 bits per heavy atom. The number of amides is 1. The lowest BCUT2D eigenvalue weighted by molar-refractivity contribution is 0.102. The molecule has 0 saturated carbocycles. The summed E-state index contributed by atoms with van der Waals surface area (Å²) in [5.41, 5.74) is 0.997. The highest BCUT2D eigenvalue weighted by atomic mass is 79.9. The van der Waals surface area contributed by atoms with Crippen LogP contribution in [0.3, 0.4) is 0 Å². The minimum absolute atomic E-state index is 0.296. The van der Waals surface area contributed by atoms with Gasteiger partial charge in [-0.2, -0.15) is 0 Å². The van der Waals surface area contributed by atoms with Gasteiger partial charge in [-0.25, -0.2) is 0 Å². The monoisotopic (exact) mass is 371 g/mol. The molecule has 1 N–H and O–H groups in total. The topological polar surface area (TPSA) is 38.3 Å². The maximum atomic E-state index is 12.2. The van der Waals surface area contributed by atoms with Crippen LogP contribution in [0.1, 0.15) is 10.4 Å². The molecule has 0 bridgehead atoms. The zero-order valence-electron chi connectivity index (χ0n) is 10.5. The third-order valence-electron chi connectivity index (χ3n) is 2.60. The number of ether oxygens (including phenoxy) is 1. The number of halogens is 2. The number of anilines is 1. The van der Waals surface area contributed by atoms with Gasteiger partial charge in [-0.05, 0) is 46.3 Å². The number of carbonyl (C=O) groups is 1. The van der Waals surface area contributed by atoms with Crippen molar-refractivity contribution >= 4 is 51.8 Å². The van der Waals surface area contributed by atoms with E-state index in [9.17, 15) is 4.79 Å². The van der Waals surface area contributed by atoms with E-state index in [1.165, 1.54) is 0 Å². The molecule has 104 valence electrons. The lowest BCUT2D eigenvalue weighted by atomic mass is 10.2. The standard InChI is InChI=1S/C14H11BrClNO2S/c1-19-13-6-8(2-4-11(13)15)17-14(18)10-7-9(20)3-5-12(10)16/h2-7,20H,1H3,(H,17,18). The summed E-state index contributed by atoms with van der Waals surface area (Å²) in [4.78, 5) is 12.9. The average molecular weight is 373 g/mol. The summed E-state index contributed by atoms with van der Waals surface area (Å²) in [5.74, 6) is 0.340. The maximum absolute atomic E-state index is 12.2. The lowest BCUT2D eigenvalue weighted by Gasteiger charge is -2.09. The van der Waals surface area contributed by atoms with E-state index >= 15 is 0 Å². The van der Waals surface area contributed by atoms with Gasteiger partial charge < -0.3 is 10.1 Å². The third kappa shape index (κ3) is 3.48. The van der Waals surface area contributed by atoms with Gasteiger partial charge >= 0.3 is 0 Å². The van der Waals surface area contributed by atoms with Crippen LogP contribution in [0.2, 0.25) is 5.02 Å². The largest absolute Gasteiger partial charge is 0.495 e. The summed E-state index contributed by atoms with van der Waals surface area (Å²) >= 11 is 13.6. The van der Waals surface area contributed by atoms with Gasteiger partial charge in [0, 0.05) is 16.6 Å². The van der Waals surface area contributed by atoms with E-state index in [0.717, 1.165) is 4.47 Å². The van der Waals surface area contributed by atoms with Crippen LogP contribution in [0.5, 0.6) is 5.75 Å². The quantitative estimate of drug-likeness (QED) is 0.770. The van der Waals surface area contributed by atoms with Crippen LogP contribution in [-0.2, 0) is 0 Å². The first-order valence-corrected chi connectivity index (χ1v) is 7.26. The van der Waals surface area contributed by atoms with Crippen molar-refractivity contribution in [3.63, 3.8) is 0 Å². The SMILES string of the molecule is COc1cc(NC(=O)c2cc(S)ccc2Cl)ccc1Br. The molecule has 0 aromatic heterocycles. The molecule has 2 rings (SSSR count). The Bertz CT molecular complexity index is 664. The Morgan fingerprint density at radius 2 is 2.05 bits per heavy atom. The molecular weight excluding hydrogens is 362 g/mol. The van der Waals surface area contributed by atoms with E-state index in [1.807, 2.05) is 0 Å². The van der Waals surface area contributed by atoms with Crippen molar-refractivity contribution in [2.24, 2.45) is 0 Å². The van der Waals surface area contributed by atoms with Crippen molar-refractivity contribution in [3.05, 3.63) is 51.5 Å². The smallest absolute Gasteiger partial charge is 0.257 e. The van der Waals surface area contributed by atoms with Crippen molar-refractivity contribution in [1.82, 2.24) is 0 Å². The zero-order valence-corrected chi connectivity index (χ0v) is 13.7. The summed E-state index contributed by atoms with van der Waals surface area (Å²) in [7, 11) is 1.56. The fourth-order valence-electron chi connectivity index (χ4n) is 1.62. The first-order valence-electron chi connectivity index (χ1n) is 5.64. The Morgan fingerprint density at radius 3 is 2.75 bits per heavy atom. The first kappa shape index (κ1) is 15.2. The number of thiol groups is 1. The molecule has 0 spiro atoms. The fourth-order valence-corrected chi connectivity index (χ4v) is 2.44. The second kappa shape index (κ2) is 6.52. The Balaban J connectivity index is 2.25. The number of nitrogens with one attached hydrogen (secondary N) is 1. The highest BCUT2D eigenvalue weighted by molar-refractivity contribution is 9.10. The number of rotatable bonds is 3. The Hall–Kier alpha value is -1.17. The van der Waals surface area contributed by atoms with Crippen molar-refractivity contribution in [2.45, 2.75) is 4.90 Å². The van der Waals surface area contributed by atoms with Crippen LogP contribution < -0.4 is 10.1 Å². The molecule has 0 unspecified atom stereocenters. The molecule has 0 heterocycles. The molecule has 0 saturated heterocycles. The van der Waals surface area contributed by atoms with E-state index in [2.05, 4.69) is 33.9 Å². The van der Waals surface area contributed by atoms with E-state index in [1.54, 1.807) is 43.5 Å². The zero-order chi connectivity index (χ0) is 14.7. The normalized spacial score (nSPS) is 10.2. The highest BCUT2D eigenvalue weighted by Crippen LogP contribution is 2.28. The highest BCUT2D eigenvalue weighted by Gasteiger charge is 2.12. The van der Waals surface area contributed by atoms with Gasteiger partial charge in [0.15, 0.2) is 0 Å². The number of benzene rings is 2. The van der Waals surface area contributed by atoms with Gasteiger partial charge in [-0.15, -0.1) is 12.6 Å². The molecule has 1 amide bonds. The predicted octanol–water partition coefficient (Wildman–Crippen LogP) is 4.65. The number of carbonyl (C=O) groups excluding carboxylic acids is 1. The van der Waals surface area contributed by atoms with Gasteiger partial charge in [0.2, 0.25) is 0 Å². The van der Waals surface area contributed by atoms with E-state index in [0.29, 0.717) is 26.9 Å². The van der Waals surface area contributed by atoms with Gasteiger partial charge in [0.05, 0.1) is 22.2 Å². The molecule has 6 heteroatoms. The van der Waals surface area contributed by atoms with Crippen LogP contribution in [-0.4, -0.2) is 13.0 Å². The van der Waals surface area contributed by atoms with Crippen LogP contribution >= 0.6 is 40.2 Å². The summed E-state index contributed by atoms with van der Waals surface area (Å²) in [6.45, 7) is 0. The average Bonchev–Trinajstić information content (AvgIpc) is 2.43. The number of methoxy groups -OCH3 is 1. The first-order chi connectivity index (χ1) is 9.51. The van der Waals surface area contributed by atoms with Gasteiger partial charge in [0.25, 0.3) is 5.91 Å². The molecule has 3 nitrogen and oxygen atoms in total. The number of hydrogen-bond donors (Lipinski definition) is 2. The molecule has 0 atom stereocenters. The summed E-state index contributed by atoms with van der Waals surface area (Å²) in [5, 5.41) is 3.15. The summed E-state index contributed by atoms with van der Waals surface area (Å²) in [6.07, 6.45) is 0. The lowest BCUT2D eigenvalue weighted by Crippen LogP contribution is -2.12. The fraction of sp³-hybridized carbons (Fsp3) is 0.0714. The van der Waals surface area contributed by atoms with Crippen LogP contribution in [0.15, 0.2) is 45.8 Å². The second-order valence-electron chi connectivity index (χ2n) is 3.97. The van der Waals surface area contributed by atoms with Gasteiger partial charge in [0.1, 0.15) is 5.75 Å². The molecular formula is C14H11BrClNO2S. The molecule has 2 aromatic carbocycles. The Labute approximate surface area is 135 Å². The molecule has 0 radical (unpaired) electrons. The van der Waals surface area contributed by atoms with Crippen LogP contribution in [0.4, 0.5) is 5.69 Å². The Kier molecular flexibility index (Phi) is 4.96. The summed E-state index contributed by atoms with van der Waals surface area (Å²) in [6, 6.07) is 10.3. The second-order valence-corrected chi connectivity index (χ2v) is 5.75. The van der Waals surface area contributed by atoms with Gasteiger partial charge in [-0.3, -0.25) is 4.79 Å². The molecule has 20 heavy (non-hydrogen) atoms. The van der Waals surface area contributed by atoms with Crippen molar-refractivity contribution in [1.29, 1.82) is 0 Å². The molecule has 0 aliphatic rings. The summed E-state index contributed by atoms with van der Waals surface area (Å²) < 4.78 is 5.99. The third-order valence-corrected chi connectivity index (χ3v) is 3.87. The minimum atomic E-state index is -0.296. The van der Waals surface area contributed by atoms with Crippen molar-refractivity contribution in [2.75, 3.05) is 12.4 Å². The van der Waals surface area contributed by atoms with E-state index in [4.69, 9.17) is 16.3 Å². The van der Waals surface area contributed by atoms with Crippen molar-refractivity contribution < 1.29 is 9.53 Å². The van der Waals surface area contributed by atoms with Crippen LogP contribution in [0, 0.1) is 0 Å². The van der Waals surface area contributed by atoms with E-state index in [-0.39, 0.29) is 5.91 Å². The number of hydrogen-bond acceptors (Lipinski definition) is 3. The molecule has 2 aromatic rings. The molecule has 0 aliphatic heterocycles. The van der Waals surface area contributed by atoms with Crippen molar-refractivity contribution in [3.8, 4) is 5.75 Å². The molecule has 0 fully saturated rings. The maximum Gasteiger partial charge on any atom is 0.257 e. The van der Waals surface area contributed by atoms with Gasteiger partial charge in [-0.1, -0.05) is 11.6 Å².